The van der Waals surface area contributed by atoms with Crippen molar-refractivity contribution in [2.45, 2.75) is 38.0 Å². The van der Waals surface area contributed by atoms with Crippen molar-refractivity contribution < 1.29 is 0 Å². The molecule has 1 aromatic heterocycles. The first kappa shape index (κ1) is 30.9. The lowest BCUT2D eigenvalue weighted by Gasteiger charge is -2.23. The Bertz CT molecular complexity index is 2440. The zero-order valence-corrected chi connectivity index (χ0v) is 27.7. The van der Waals surface area contributed by atoms with Crippen LogP contribution in [0, 0.1) is 22.7 Å². The van der Waals surface area contributed by atoms with E-state index < -0.39 is 0 Å². The summed E-state index contributed by atoms with van der Waals surface area (Å²) in [6.45, 7) is 0. The Morgan fingerprint density at radius 1 is 0.660 bits per heavy atom. The second-order valence-electron chi connectivity index (χ2n) is 12.9. The number of hydrogen-bond donors (Lipinski definition) is 0. The van der Waals surface area contributed by atoms with Gasteiger partial charge in [0.25, 0.3) is 0 Å². The molecule has 0 bridgehead atoms. The van der Waals surface area contributed by atoms with Crippen molar-refractivity contribution >= 4 is 16.5 Å². The van der Waals surface area contributed by atoms with E-state index in [4.69, 9.17) is 9.97 Å². The van der Waals surface area contributed by atoms with Gasteiger partial charge < -0.3 is 0 Å². The minimum Gasteiger partial charge on any atom is -0.228 e. The van der Waals surface area contributed by atoms with Gasteiger partial charge in [0.2, 0.25) is 0 Å². The van der Waals surface area contributed by atoms with Crippen LogP contribution in [0.25, 0.3) is 50.2 Å². The van der Waals surface area contributed by atoms with Crippen LogP contribution in [0.2, 0.25) is 0 Å². The minimum atomic E-state index is 0.0597. The van der Waals surface area contributed by atoms with Crippen LogP contribution in [0.5, 0.6) is 0 Å². The van der Waals surface area contributed by atoms with Gasteiger partial charge in [-0.05, 0) is 107 Å². The molecule has 4 aromatic carbocycles. The maximum atomic E-state index is 10.2. The van der Waals surface area contributed by atoms with Crippen LogP contribution < -0.4 is 0 Å². The molecule has 3 aliphatic carbocycles. The molecular weight excluding hydrogens is 609 g/mol. The first-order chi connectivity index (χ1) is 24.7. The molecule has 0 N–H and O–H groups in total. The number of allylic oxidation sites excluding steroid dienone is 12. The van der Waals surface area contributed by atoms with Crippen molar-refractivity contribution in [3.05, 3.63) is 173 Å². The number of fused-ring (bicyclic) bond motifs is 1. The van der Waals surface area contributed by atoms with Gasteiger partial charge in [0.05, 0.1) is 34.5 Å². The highest BCUT2D eigenvalue weighted by molar-refractivity contribution is 6.00. The van der Waals surface area contributed by atoms with Gasteiger partial charge in [-0.2, -0.15) is 10.5 Å². The summed E-state index contributed by atoms with van der Waals surface area (Å²) in [6, 6.07) is 33.0. The van der Waals surface area contributed by atoms with Gasteiger partial charge in [-0.1, -0.05) is 103 Å². The van der Waals surface area contributed by atoms with E-state index in [1.165, 1.54) is 22.3 Å². The molecule has 238 valence electrons. The predicted octanol–water partition coefficient (Wildman–Crippen LogP) is 11.4. The maximum Gasteiger partial charge on any atom is 0.161 e. The molecule has 8 rings (SSSR count). The van der Waals surface area contributed by atoms with Crippen molar-refractivity contribution in [1.82, 2.24) is 9.97 Å². The SMILES string of the molecule is N#Cc1ccccc1-c1nc(-c2ccccc2C#N)c2cc(-c3cccc(C4=CCCC=C4)c3)cc(C3C=C(C4=CC=CCC4)C=CC3)c2n1. The summed E-state index contributed by atoms with van der Waals surface area (Å²) in [5.74, 6) is 0.532. The van der Waals surface area contributed by atoms with Gasteiger partial charge in [-0.25, -0.2) is 9.97 Å². The fourth-order valence-corrected chi connectivity index (χ4v) is 7.26. The molecule has 50 heavy (non-hydrogen) atoms. The number of hydrogen-bond acceptors (Lipinski definition) is 4. The molecule has 0 spiro atoms. The first-order valence-electron chi connectivity index (χ1n) is 17.3. The normalized spacial score (nSPS) is 16.7. The average Bonchev–Trinajstić information content (AvgIpc) is 3.20. The maximum absolute atomic E-state index is 10.2. The Morgan fingerprint density at radius 3 is 2.22 bits per heavy atom. The molecule has 0 fully saturated rings. The average molecular weight is 643 g/mol. The molecule has 0 saturated heterocycles. The van der Waals surface area contributed by atoms with Crippen molar-refractivity contribution in [2.24, 2.45) is 0 Å². The van der Waals surface area contributed by atoms with Crippen LogP contribution in [-0.4, -0.2) is 9.97 Å². The quantitative estimate of drug-likeness (QED) is 0.185. The van der Waals surface area contributed by atoms with E-state index in [0.717, 1.165) is 65.3 Å². The Kier molecular flexibility index (Phi) is 8.44. The van der Waals surface area contributed by atoms with E-state index in [2.05, 4.69) is 103 Å². The van der Waals surface area contributed by atoms with Crippen molar-refractivity contribution in [2.75, 3.05) is 0 Å². The summed E-state index contributed by atoms with van der Waals surface area (Å²) in [5.41, 5.74) is 12.3. The molecule has 0 aliphatic heterocycles. The highest BCUT2D eigenvalue weighted by Gasteiger charge is 2.24. The van der Waals surface area contributed by atoms with Crippen molar-refractivity contribution in [3.8, 4) is 45.9 Å². The zero-order chi connectivity index (χ0) is 33.9. The van der Waals surface area contributed by atoms with E-state index in [0.29, 0.717) is 28.2 Å². The molecular formula is C46H34N4. The number of rotatable bonds is 6. The molecule has 0 amide bonds. The summed E-state index contributed by atoms with van der Waals surface area (Å²) in [6.07, 6.45) is 25.3. The molecule has 1 atom stereocenters. The number of benzene rings is 4. The molecule has 1 heterocycles. The summed E-state index contributed by atoms with van der Waals surface area (Å²) >= 11 is 0. The van der Waals surface area contributed by atoms with E-state index in [9.17, 15) is 10.5 Å². The molecule has 1 unspecified atom stereocenters. The lowest BCUT2D eigenvalue weighted by molar-refractivity contribution is 0.843. The van der Waals surface area contributed by atoms with Crippen LogP contribution in [0.3, 0.4) is 0 Å². The van der Waals surface area contributed by atoms with Crippen molar-refractivity contribution in [1.29, 1.82) is 10.5 Å². The topological polar surface area (TPSA) is 73.4 Å². The summed E-state index contributed by atoms with van der Waals surface area (Å²) in [7, 11) is 0. The predicted molar refractivity (Wildman–Crippen MR) is 203 cm³/mol. The Balaban J connectivity index is 1.42. The van der Waals surface area contributed by atoms with E-state index in [1.807, 2.05) is 42.5 Å². The second-order valence-corrected chi connectivity index (χ2v) is 12.9. The van der Waals surface area contributed by atoms with Gasteiger partial charge in [0.15, 0.2) is 5.82 Å². The third-order valence-electron chi connectivity index (χ3n) is 9.80. The second kappa shape index (κ2) is 13.6. The van der Waals surface area contributed by atoms with Crippen molar-refractivity contribution in [3.63, 3.8) is 0 Å². The lowest BCUT2D eigenvalue weighted by atomic mass is 9.83. The summed E-state index contributed by atoms with van der Waals surface area (Å²) in [5, 5.41) is 21.2. The summed E-state index contributed by atoms with van der Waals surface area (Å²) < 4.78 is 0. The minimum absolute atomic E-state index is 0.0597. The zero-order valence-electron chi connectivity index (χ0n) is 27.7. The number of nitriles is 2. The van der Waals surface area contributed by atoms with Crippen LogP contribution in [0.4, 0.5) is 0 Å². The van der Waals surface area contributed by atoms with Gasteiger partial charge in [0.1, 0.15) is 0 Å². The standard InChI is InChI=1S/C46H34N4/c47-29-37-17-7-9-23-40(37)44-43-28-39(35-21-11-19-33(25-35)31-13-3-1-4-14-31)27-42(36-22-12-20-34(26-36)32-15-5-2-6-16-32)45(43)50-46(49-44)41-24-10-8-18-38(41)30-48/h2-3,5,7-15,17-21,23-28,36H,1,4,6,16,22H2. The fourth-order valence-electron chi connectivity index (χ4n) is 7.26. The summed E-state index contributed by atoms with van der Waals surface area (Å²) in [4.78, 5) is 10.5. The highest BCUT2D eigenvalue weighted by atomic mass is 14.9. The third-order valence-corrected chi connectivity index (χ3v) is 9.80. The van der Waals surface area contributed by atoms with E-state index >= 15 is 0 Å². The van der Waals surface area contributed by atoms with Crippen LogP contribution >= 0.6 is 0 Å². The van der Waals surface area contributed by atoms with Gasteiger partial charge in [-0.15, -0.1) is 0 Å². The Hall–Kier alpha value is -6.36. The smallest absolute Gasteiger partial charge is 0.161 e. The molecule has 3 aliphatic rings. The monoisotopic (exact) mass is 642 g/mol. The highest BCUT2D eigenvalue weighted by Crippen LogP contribution is 2.42. The first-order valence-corrected chi connectivity index (χ1v) is 17.3. The molecule has 4 nitrogen and oxygen atoms in total. The molecule has 0 saturated carbocycles. The van der Waals surface area contributed by atoms with Crippen LogP contribution in [0.1, 0.15) is 60.3 Å². The van der Waals surface area contributed by atoms with Gasteiger partial charge in [0, 0.05) is 22.4 Å². The Morgan fingerprint density at radius 2 is 1.44 bits per heavy atom. The third kappa shape index (κ3) is 5.94. The van der Waals surface area contributed by atoms with E-state index in [1.54, 1.807) is 6.07 Å². The Labute approximate surface area is 293 Å². The molecule has 5 aromatic rings. The molecule has 0 radical (unpaired) electrons. The van der Waals surface area contributed by atoms with Gasteiger partial charge in [-0.3, -0.25) is 0 Å². The molecule has 4 heteroatoms. The lowest BCUT2D eigenvalue weighted by Crippen LogP contribution is -2.06. The number of nitrogens with zero attached hydrogens (tertiary/aromatic N) is 4. The largest absolute Gasteiger partial charge is 0.228 e. The van der Waals surface area contributed by atoms with Gasteiger partial charge >= 0.3 is 0 Å². The van der Waals surface area contributed by atoms with Crippen LogP contribution in [0.15, 0.2) is 151 Å². The number of aromatic nitrogens is 2. The fraction of sp³-hybridized carbons (Fsp3) is 0.130. The van der Waals surface area contributed by atoms with Crippen LogP contribution in [-0.2, 0) is 0 Å². The van der Waals surface area contributed by atoms with E-state index in [-0.39, 0.29) is 5.92 Å².